The number of amides is 3. The van der Waals surface area contributed by atoms with Crippen molar-refractivity contribution in [1.29, 1.82) is 0 Å². The second-order valence-electron chi connectivity index (χ2n) is 11.6. The van der Waals surface area contributed by atoms with Crippen LogP contribution in [0.1, 0.15) is 69.4 Å². The number of likely N-dealkylation sites (N-methyl/N-ethyl adjacent to an activating group) is 2. The lowest BCUT2D eigenvalue weighted by molar-refractivity contribution is 0.0779. The molecular formula is C37H44ClN7O4. The van der Waals surface area contributed by atoms with Crippen molar-refractivity contribution >= 4 is 46.6 Å². The quantitative estimate of drug-likeness (QED) is 0.121. The van der Waals surface area contributed by atoms with E-state index in [1.165, 1.54) is 12.3 Å². The van der Waals surface area contributed by atoms with E-state index >= 15 is 0 Å². The fourth-order valence-electron chi connectivity index (χ4n) is 5.00. The Balaban J connectivity index is 1.58. The highest BCUT2D eigenvalue weighted by Gasteiger charge is 2.21. The predicted octanol–water partition coefficient (Wildman–Crippen LogP) is 7.09. The van der Waals surface area contributed by atoms with Crippen LogP contribution in [0, 0.1) is 13.8 Å². The van der Waals surface area contributed by atoms with Gasteiger partial charge in [0.05, 0.1) is 5.02 Å². The first-order valence-corrected chi connectivity index (χ1v) is 16.8. The summed E-state index contributed by atoms with van der Waals surface area (Å²) in [6, 6.07) is 17.4. The topological polar surface area (TPSA) is 129 Å². The SMILES string of the molecule is CCCNC(=O)c1ccc(Oc2nc(Nc3ccc(C(=O)N(C)CCN(CC)CC)cc3)ncc2C(=O)Nc2c(C)cccc2C)c(Cl)c1. The van der Waals surface area contributed by atoms with E-state index in [4.69, 9.17) is 16.3 Å². The summed E-state index contributed by atoms with van der Waals surface area (Å²) in [7, 11) is 1.80. The number of rotatable bonds is 15. The molecule has 4 rings (SSSR count). The van der Waals surface area contributed by atoms with Crippen LogP contribution in [0.25, 0.3) is 0 Å². The zero-order valence-corrected chi connectivity index (χ0v) is 29.6. The van der Waals surface area contributed by atoms with Crippen molar-refractivity contribution in [3.63, 3.8) is 0 Å². The van der Waals surface area contributed by atoms with Crippen molar-refractivity contribution in [2.24, 2.45) is 0 Å². The van der Waals surface area contributed by atoms with E-state index in [0.29, 0.717) is 35.6 Å². The van der Waals surface area contributed by atoms with Crippen LogP contribution in [0.3, 0.4) is 0 Å². The maximum Gasteiger partial charge on any atom is 0.262 e. The molecule has 12 heteroatoms. The summed E-state index contributed by atoms with van der Waals surface area (Å²) in [6.45, 7) is 13.8. The number of nitrogens with one attached hydrogen (secondary N) is 3. The molecule has 11 nitrogen and oxygen atoms in total. The van der Waals surface area contributed by atoms with E-state index in [-0.39, 0.29) is 40.0 Å². The average molecular weight is 686 g/mol. The lowest BCUT2D eigenvalue weighted by atomic mass is 10.1. The summed E-state index contributed by atoms with van der Waals surface area (Å²) >= 11 is 6.54. The second-order valence-corrected chi connectivity index (χ2v) is 12.0. The second kappa shape index (κ2) is 17.4. The third-order valence-corrected chi connectivity index (χ3v) is 8.33. The van der Waals surface area contributed by atoms with Gasteiger partial charge in [-0.3, -0.25) is 14.4 Å². The van der Waals surface area contributed by atoms with Crippen molar-refractivity contribution in [3.8, 4) is 11.6 Å². The van der Waals surface area contributed by atoms with E-state index in [0.717, 1.165) is 37.2 Å². The molecule has 3 aromatic carbocycles. The summed E-state index contributed by atoms with van der Waals surface area (Å²) in [5.41, 5.74) is 4.09. The van der Waals surface area contributed by atoms with Gasteiger partial charge in [-0.15, -0.1) is 0 Å². The summed E-state index contributed by atoms with van der Waals surface area (Å²) in [5, 5.41) is 9.06. The molecule has 258 valence electrons. The maximum absolute atomic E-state index is 13.6. The number of para-hydroxylation sites is 1. The number of ether oxygens (including phenoxy) is 1. The third-order valence-electron chi connectivity index (χ3n) is 8.04. The standard InChI is InChI=1S/C37H44ClN7O4/c1-7-19-39-33(46)27-15-18-31(30(38)22-27)49-35-29(34(47)42-32-24(4)11-10-12-25(32)5)23-40-37(43-35)41-28-16-13-26(14-17-28)36(48)44(6)20-21-45(8-2)9-3/h10-18,22-23H,7-9,19-21H2,1-6H3,(H,39,46)(H,42,47)(H,40,41,43). The average Bonchev–Trinajstić information content (AvgIpc) is 3.10. The minimum atomic E-state index is -0.474. The Hall–Kier alpha value is -5.00. The molecule has 0 aliphatic rings. The molecule has 0 saturated heterocycles. The van der Waals surface area contributed by atoms with E-state index in [2.05, 4.69) is 44.7 Å². The number of nitrogens with zero attached hydrogens (tertiary/aromatic N) is 4. The van der Waals surface area contributed by atoms with Crippen molar-refractivity contribution in [2.75, 3.05) is 50.4 Å². The van der Waals surface area contributed by atoms with Crippen LogP contribution in [0.5, 0.6) is 11.6 Å². The van der Waals surface area contributed by atoms with Gasteiger partial charge in [-0.25, -0.2) is 4.98 Å². The minimum absolute atomic E-state index is 0.0482. The number of aromatic nitrogens is 2. The molecule has 0 aliphatic carbocycles. The summed E-state index contributed by atoms with van der Waals surface area (Å²) in [6.07, 6.45) is 2.17. The highest BCUT2D eigenvalue weighted by Crippen LogP contribution is 2.32. The van der Waals surface area contributed by atoms with E-state index in [1.807, 2.05) is 39.0 Å². The van der Waals surface area contributed by atoms with Crippen molar-refractivity contribution in [1.82, 2.24) is 25.1 Å². The van der Waals surface area contributed by atoms with Crippen LogP contribution in [-0.2, 0) is 0 Å². The fraction of sp³-hybridized carbons (Fsp3) is 0.324. The zero-order valence-electron chi connectivity index (χ0n) is 28.9. The number of hydrogen-bond donors (Lipinski definition) is 3. The Bertz CT molecular complexity index is 1760. The number of benzene rings is 3. The van der Waals surface area contributed by atoms with Gasteiger partial charge in [0.25, 0.3) is 17.7 Å². The lowest BCUT2D eigenvalue weighted by Gasteiger charge is -2.23. The lowest BCUT2D eigenvalue weighted by Crippen LogP contribution is -2.36. The Morgan fingerprint density at radius 3 is 2.18 bits per heavy atom. The van der Waals surface area contributed by atoms with Crippen LogP contribution >= 0.6 is 11.6 Å². The van der Waals surface area contributed by atoms with Gasteiger partial charge in [0, 0.05) is 55.4 Å². The smallest absolute Gasteiger partial charge is 0.262 e. The van der Waals surface area contributed by atoms with Crippen molar-refractivity contribution < 1.29 is 19.1 Å². The molecule has 0 radical (unpaired) electrons. The van der Waals surface area contributed by atoms with Crippen LogP contribution in [-0.4, -0.2) is 77.3 Å². The van der Waals surface area contributed by atoms with E-state index < -0.39 is 5.91 Å². The molecule has 1 aromatic heterocycles. The summed E-state index contributed by atoms with van der Waals surface area (Å²) in [5.74, 6) is -0.494. The molecule has 3 N–H and O–H groups in total. The van der Waals surface area contributed by atoms with E-state index in [9.17, 15) is 14.4 Å². The molecule has 4 aromatic rings. The molecule has 0 fully saturated rings. The highest BCUT2D eigenvalue weighted by atomic mass is 35.5. The predicted molar refractivity (Wildman–Crippen MR) is 195 cm³/mol. The largest absolute Gasteiger partial charge is 0.436 e. The van der Waals surface area contributed by atoms with Gasteiger partial charge in [0.1, 0.15) is 11.3 Å². The first-order chi connectivity index (χ1) is 23.5. The Kier molecular flexibility index (Phi) is 13.1. The molecule has 0 aliphatic heterocycles. The first kappa shape index (κ1) is 36.8. The molecule has 0 atom stereocenters. The molecule has 3 amide bonds. The molecule has 0 bridgehead atoms. The van der Waals surface area contributed by atoms with Crippen LogP contribution in [0.2, 0.25) is 5.02 Å². The number of carbonyl (C=O) groups excluding carboxylic acids is 3. The van der Waals surface area contributed by atoms with Gasteiger partial charge >= 0.3 is 0 Å². The monoisotopic (exact) mass is 685 g/mol. The van der Waals surface area contributed by atoms with Gasteiger partial charge in [-0.1, -0.05) is 50.6 Å². The first-order valence-electron chi connectivity index (χ1n) is 16.4. The highest BCUT2D eigenvalue weighted by molar-refractivity contribution is 6.32. The van der Waals surface area contributed by atoms with Gasteiger partial charge in [0.2, 0.25) is 11.8 Å². The van der Waals surface area contributed by atoms with Gasteiger partial charge in [0.15, 0.2) is 0 Å². The molecule has 1 heterocycles. The van der Waals surface area contributed by atoms with Crippen LogP contribution in [0.15, 0.2) is 66.9 Å². The Labute approximate surface area is 293 Å². The van der Waals surface area contributed by atoms with Gasteiger partial charge < -0.3 is 30.5 Å². The van der Waals surface area contributed by atoms with Gasteiger partial charge in [-0.05, 0) is 86.9 Å². The molecule has 0 saturated carbocycles. The van der Waals surface area contributed by atoms with Gasteiger partial charge in [-0.2, -0.15) is 4.98 Å². The molecule has 0 spiro atoms. The maximum atomic E-state index is 13.6. The summed E-state index contributed by atoms with van der Waals surface area (Å²) < 4.78 is 6.12. The van der Waals surface area contributed by atoms with Crippen LogP contribution < -0.4 is 20.7 Å². The number of hydrogen-bond acceptors (Lipinski definition) is 8. The third kappa shape index (κ3) is 9.77. The molecule has 0 unspecified atom stereocenters. The van der Waals surface area contributed by atoms with Crippen LogP contribution in [0.4, 0.5) is 17.3 Å². The number of halogens is 1. The van der Waals surface area contributed by atoms with Crippen molar-refractivity contribution in [3.05, 3.63) is 99.7 Å². The number of anilines is 3. The fourth-order valence-corrected chi connectivity index (χ4v) is 5.22. The molecular weight excluding hydrogens is 642 g/mol. The molecule has 49 heavy (non-hydrogen) atoms. The zero-order chi connectivity index (χ0) is 35.5. The Morgan fingerprint density at radius 1 is 0.878 bits per heavy atom. The number of carbonyl (C=O) groups is 3. The van der Waals surface area contributed by atoms with Crippen molar-refractivity contribution in [2.45, 2.75) is 41.0 Å². The van der Waals surface area contributed by atoms with E-state index in [1.54, 1.807) is 48.3 Å². The minimum Gasteiger partial charge on any atom is -0.436 e. The normalized spacial score (nSPS) is 10.9. The Morgan fingerprint density at radius 2 is 1.55 bits per heavy atom. The number of aryl methyl sites for hydroxylation is 2. The summed E-state index contributed by atoms with van der Waals surface area (Å²) in [4.78, 5) is 52.0.